The zero-order valence-electron chi connectivity index (χ0n) is 10.6. The van der Waals surface area contributed by atoms with Crippen LogP contribution in [0.3, 0.4) is 0 Å². The van der Waals surface area contributed by atoms with Crippen molar-refractivity contribution in [3.63, 3.8) is 0 Å². The van der Waals surface area contributed by atoms with Crippen LogP contribution >= 0.6 is 0 Å². The lowest BCUT2D eigenvalue weighted by molar-refractivity contribution is -0.110. The largest absolute Gasteiger partial charge is 0.355 e. The summed E-state index contributed by atoms with van der Waals surface area (Å²) >= 11 is 0. The molecule has 0 aromatic heterocycles. The number of benzene rings is 1. The van der Waals surface area contributed by atoms with Crippen LogP contribution in [0.15, 0.2) is 30.3 Å². The third kappa shape index (κ3) is 6.07. The second-order valence-electron chi connectivity index (χ2n) is 4.57. The number of hydrogen-bond acceptors (Lipinski definition) is 2. The van der Waals surface area contributed by atoms with Gasteiger partial charge in [0.05, 0.1) is 0 Å². The predicted octanol–water partition coefficient (Wildman–Crippen LogP) is 1.73. The smallest absolute Gasteiger partial charge is 0.207 e. The SMILES string of the molecule is CC(C)NCC(CCc1ccccc1)NC=O. The van der Waals surface area contributed by atoms with Crippen molar-refractivity contribution >= 4 is 6.41 Å². The van der Waals surface area contributed by atoms with Gasteiger partial charge in [0.2, 0.25) is 6.41 Å². The first-order valence-electron chi connectivity index (χ1n) is 6.19. The van der Waals surface area contributed by atoms with E-state index in [4.69, 9.17) is 0 Å². The Morgan fingerprint density at radius 2 is 1.94 bits per heavy atom. The monoisotopic (exact) mass is 234 g/mol. The fourth-order valence-electron chi connectivity index (χ4n) is 1.70. The Labute approximate surface area is 104 Å². The van der Waals surface area contributed by atoms with E-state index >= 15 is 0 Å². The first-order chi connectivity index (χ1) is 8.22. The number of hydrogen-bond donors (Lipinski definition) is 2. The van der Waals surface area contributed by atoms with Crippen LogP contribution in [0.1, 0.15) is 25.8 Å². The summed E-state index contributed by atoms with van der Waals surface area (Å²) in [6, 6.07) is 11.0. The summed E-state index contributed by atoms with van der Waals surface area (Å²) in [6.45, 7) is 5.04. The van der Waals surface area contributed by atoms with E-state index < -0.39 is 0 Å². The zero-order valence-corrected chi connectivity index (χ0v) is 10.6. The second-order valence-corrected chi connectivity index (χ2v) is 4.57. The molecule has 1 rings (SSSR count). The Hall–Kier alpha value is -1.35. The van der Waals surface area contributed by atoms with Crippen LogP contribution in [-0.2, 0) is 11.2 Å². The molecule has 94 valence electrons. The number of carbonyl (C=O) groups is 1. The van der Waals surface area contributed by atoms with Crippen molar-refractivity contribution in [3.05, 3.63) is 35.9 Å². The van der Waals surface area contributed by atoms with Crippen LogP contribution in [0.5, 0.6) is 0 Å². The van der Waals surface area contributed by atoms with Gasteiger partial charge in [-0.15, -0.1) is 0 Å². The number of nitrogens with one attached hydrogen (secondary N) is 2. The zero-order chi connectivity index (χ0) is 12.5. The molecule has 0 spiro atoms. The molecule has 0 fully saturated rings. The highest BCUT2D eigenvalue weighted by molar-refractivity contribution is 5.46. The molecule has 0 aliphatic heterocycles. The molecule has 1 aromatic rings. The molecule has 1 atom stereocenters. The van der Waals surface area contributed by atoms with Gasteiger partial charge in [-0.2, -0.15) is 0 Å². The van der Waals surface area contributed by atoms with E-state index in [9.17, 15) is 4.79 Å². The molecule has 3 nitrogen and oxygen atoms in total. The van der Waals surface area contributed by atoms with Crippen molar-refractivity contribution in [2.75, 3.05) is 6.54 Å². The van der Waals surface area contributed by atoms with Gasteiger partial charge in [0.25, 0.3) is 0 Å². The van der Waals surface area contributed by atoms with E-state index in [0.717, 1.165) is 25.8 Å². The first-order valence-corrected chi connectivity index (χ1v) is 6.19. The van der Waals surface area contributed by atoms with E-state index in [1.165, 1.54) is 5.56 Å². The molecule has 1 unspecified atom stereocenters. The Balaban J connectivity index is 2.36. The second kappa shape index (κ2) is 7.85. The molecule has 1 aromatic carbocycles. The van der Waals surface area contributed by atoms with Gasteiger partial charge >= 0.3 is 0 Å². The van der Waals surface area contributed by atoms with Crippen molar-refractivity contribution in [1.82, 2.24) is 10.6 Å². The minimum absolute atomic E-state index is 0.204. The highest BCUT2D eigenvalue weighted by Gasteiger charge is 2.07. The van der Waals surface area contributed by atoms with Crippen LogP contribution < -0.4 is 10.6 Å². The molecule has 0 saturated carbocycles. The Morgan fingerprint density at radius 3 is 2.53 bits per heavy atom. The molecule has 2 N–H and O–H groups in total. The summed E-state index contributed by atoms with van der Waals surface area (Å²) in [7, 11) is 0. The van der Waals surface area contributed by atoms with Crippen molar-refractivity contribution in [3.8, 4) is 0 Å². The van der Waals surface area contributed by atoms with E-state index in [-0.39, 0.29) is 6.04 Å². The van der Waals surface area contributed by atoms with Gasteiger partial charge in [-0.05, 0) is 18.4 Å². The van der Waals surface area contributed by atoms with Gasteiger partial charge in [-0.25, -0.2) is 0 Å². The van der Waals surface area contributed by atoms with Crippen molar-refractivity contribution in [2.24, 2.45) is 0 Å². The maximum Gasteiger partial charge on any atom is 0.207 e. The van der Waals surface area contributed by atoms with E-state index in [1.54, 1.807) is 0 Å². The summed E-state index contributed by atoms with van der Waals surface area (Å²) in [5.41, 5.74) is 1.31. The number of aryl methyl sites for hydroxylation is 1. The van der Waals surface area contributed by atoms with Crippen LogP contribution in [0, 0.1) is 0 Å². The standard InChI is InChI=1S/C14H22N2O/c1-12(2)15-10-14(16-11-17)9-8-13-6-4-3-5-7-13/h3-7,11-12,14-15H,8-10H2,1-2H3,(H,16,17). The normalized spacial score (nSPS) is 12.4. The average Bonchev–Trinajstić information content (AvgIpc) is 2.34. The molecular formula is C14H22N2O. The van der Waals surface area contributed by atoms with Crippen LogP contribution in [-0.4, -0.2) is 25.0 Å². The van der Waals surface area contributed by atoms with Gasteiger partial charge in [0.1, 0.15) is 0 Å². The van der Waals surface area contributed by atoms with E-state index in [1.807, 2.05) is 18.2 Å². The van der Waals surface area contributed by atoms with Crippen LogP contribution in [0.4, 0.5) is 0 Å². The molecule has 0 heterocycles. The average molecular weight is 234 g/mol. The van der Waals surface area contributed by atoms with Gasteiger partial charge in [-0.3, -0.25) is 4.79 Å². The molecule has 0 radical (unpaired) electrons. The third-order valence-electron chi connectivity index (χ3n) is 2.70. The molecule has 0 saturated heterocycles. The van der Waals surface area contributed by atoms with Crippen molar-refractivity contribution in [1.29, 1.82) is 0 Å². The summed E-state index contributed by atoms with van der Waals surface area (Å²) in [6.07, 6.45) is 2.74. The van der Waals surface area contributed by atoms with Crippen molar-refractivity contribution < 1.29 is 4.79 Å². The van der Waals surface area contributed by atoms with E-state index in [2.05, 4.69) is 36.6 Å². The molecule has 0 bridgehead atoms. The molecule has 0 aliphatic carbocycles. The minimum atomic E-state index is 0.204. The fraction of sp³-hybridized carbons (Fsp3) is 0.500. The van der Waals surface area contributed by atoms with Crippen LogP contribution in [0.25, 0.3) is 0 Å². The predicted molar refractivity (Wildman–Crippen MR) is 70.9 cm³/mol. The summed E-state index contributed by atoms with van der Waals surface area (Å²) in [5, 5.41) is 6.21. The van der Waals surface area contributed by atoms with Gasteiger partial charge in [0.15, 0.2) is 0 Å². The number of rotatable bonds is 8. The Bertz CT molecular complexity index is 311. The highest BCUT2D eigenvalue weighted by atomic mass is 16.1. The molecule has 0 aliphatic rings. The molecule has 3 heteroatoms. The van der Waals surface area contributed by atoms with Crippen LogP contribution in [0.2, 0.25) is 0 Å². The van der Waals surface area contributed by atoms with Gasteiger partial charge < -0.3 is 10.6 Å². The molecule has 17 heavy (non-hydrogen) atoms. The quantitative estimate of drug-likeness (QED) is 0.673. The summed E-state index contributed by atoms with van der Waals surface area (Å²) < 4.78 is 0. The fourth-order valence-corrected chi connectivity index (χ4v) is 1.70. The number of amides is 1. The maximum absolute atomic E-state index is 10.5. The topological polar surface area (TPSA) is 41.1 Å². The van der Waals surface area contributed by atoms with E-state index in [0.29, 0.717) is 6.04 Å². The summed E-state index contributed by atoms with van der Waals surface area (Å²) in [4.78, 5) is 10.5. The maximum atomic E-state index is 10.5. The highest BCUT2D eigenvalue weighted by Crippen LogP contribution is 2.04. The number of carbonyl (C=O) groups excluding carboxylic acids is 1. The van der Waals surface area contributed by atoms with Gasteiger partial charge in [0, 0.05) is 18.6 Å². The lowest BCUT2D eigenvalue weighted by Gasteiger charge is -2.18. The third-order valence-corrected chi connectivity index (χ3v) is 2.70. The van der Waals surface area contributed by atoms with Crippen molar-refractivity contribution in [2.45, 2.75) is 38.8 Å². The first kappa shape index (κ1) is 13.7. The lowest BCUT2D eigenvalue weighted by atomic mass is 10.1. The Kier molecular flexibility index (Phi) is 6.33. The van der Waals surface area contributed by atoms with Gasteiger partial charge in [-0.1, -0.05) is 44.2 Å². The molecule has 1 amide bonds. The molecular weight excluding hydrogens is 212 g/mol. The Morgan fingerprint density at radius 1 is 1.24 bits per heavy atom. The minimum Gasteiger partial charge on any atom is -0.355 e. The lowest BCUT2D eigenvalue weighted by Crippen LogP contribution is -2.40. The summed E-state index contributed by atoms with van der Waals surface area (Å²) in [5.74, 6) is 0.